The SMILES string of the molecule is [CH2]Cc1c(C(Cl)(Cl)C(Cl)(Cl)C(Cl)(Cl)C(Cl)(Cl)Cl)cccc1C(Cl)(Cl)C(Cl)(Cl)C(Cl)(Cl)C(Cl)(Cl)Cl. The van der Waals surface area contributed by atoms with Gasteiger partial charge in [0.25, 0.3) is 0 Å². The molecule has 1 radical (unpaired) electrons. The second-order valence-electron chi connectivity index (χ2n) is 6.52. The van der Waals surface area contributed by atoms with E-state index < -0.39 is 33.6 Å². The maximum atomic E-state index is 6.59. The van der Waals surface area contributed by atoms with E-state index in [9.17, 15) is 0 Å². The van der Waals surface area contributed by atoms with E-state index in [4.69, 9.17) is 209 Å². The van der Waals surface area contributed by atoms with Crippen LogP contribution in [0.4, 0.5) is 0 Å². The van der Waals surface area contributed by atoms with E-state index in [1.54, 1.807) is 0 Å². The summed E-state index contributed by atoms with van der Waals surface area (Å²) in [6, 6.07) is 4.10. The zero-order valence-electron chi connectivity index (χ0n) is 15.4. The van der Waals surface area contributed by atoms with Gasteiger partial charge in [0.2, 0.25) is 16.3 Å². The van der Waals surface area contributed by atoms with Crippen LogP contribution >= 0.6 is 209 Å². The topological polar surface area (TPSA) is 0 Å². The van der Waals surface area contributed by atoms with E-state index in [-0.39, 0.29) is 23.1 Å². The molecule has 0 N–H and O–H groups in total. The summed E-state index contributed by atoms with van der Waals surface area (Å²) in [7, 11) is 0. The predicted molar refractivity (Wildman–Crippen MR) is 161 cm³/mol. The molecule has 197 valence electrons. The van der Waals surface area contributed by atoms with E-state index in [1.807, 2.05) is 0 Å². The molecular weight excluding hydrogens is 830 g/mol. The zero-order chi connectivity index (χ0) is 27.6. The Kier molecular flexibility index (Phi) is 12.5. The Morgan fingerprint density at radius 2 is 0.735 bits per heavy atom. The number of alkyl halides is 18. The van der Waals surface area contributed by atoms with Crippen molar-refractivity contribution in [1.29, 1.82) is 0 Å². The molecule has 0 saturated heterocycles. The van der Waals surface area contributed by atoms with Gasteiger partial charge in [0.15, 0.2) is 17.3 Å². The number of rotatable bonds is 7. The van der Waals surface area contributed by atoms with E-state index in [2.05, 4.69) is 6.92 Å². The molecule has 0 heterocycles. The molecule has 0 saturated carbocycles. The lowest BCUT2D eigenvalue weighted by atomic mass is 9.90. The van der Waals surface area contributed by atoms with Gasteiger partial charge in [-0.1, -0.05) is 227 Å². The van der Waals surface area contributed by atoms with Crippen molar-refractivity contribution in [2.45, 2.75) is 40.0 Å². The summed E-state index contributed by atoms with van der Waals surface area (Å²) in [4.78, 5) is 0. The minimum atomic E-state index is -2.60. The van der Waals surface area contributed by atoms with Crippen molar-refractivity contribution in [3.05, 3.63) is 41.8 Å². The van der Waals surface area contributed by atoms with Crippen molar-refractivity contribution >= 4 is 209 Å². The van der Waals surface area contributed by atoms with Crippen molar-refractivity contribution < 1.29 is 0 Å². The van der Waals surface area contributed by atoms with Gasteiger partial charge in [-0.15, -0.1) is 0 Å². The number of hydrogen-bond donors (Lipinski definition) is 0. The highest BCUT2D eigenvalue weighted by Gasteiger charge is 2.71. The highest BCUT2D eigenvalue weighted by Crippen LogP contribution is 2.68. The molecule has 0 spiro atoms. The molecule has 34 heavy (non-hydrogen) atoms. The summed E-state index contributed by atoms with van der Waals surface area (Å²) in [6.07, 6.45) is -0.127. The first-order valence-corrected chi connectivity index (χ1v) is 14.8. The van der Waals surface area contributed by atoms with Crippen LogP contribution in [0.15, 0.2) is 18.2 Å². The standard InChI is InChI=1S/C16H7Cl18/c1-2-6-7(9(17,18)11(21,22)13(25,26)15(29,30)31)4-3-5-8(6)10(19,20)12(23,24)14(27,28)16(32,33)34/h3-5H,1-2H2. The van der Waals surface area contributed by atoms with Crippen LogP contribution in [0.5, 0.6) is 0 Å². The van der Waals surface area contributed by atoms with Crippen LogP contribution in [0.2, 0.25) is 0 Å². The summed E-state index contributed by atoms with van der Waals surface area (Å²) in [5, 5.41) is 0. The molecule has 0 unspecified atom stereocenters. The van der Waals surface area contributed by atoms with Crippen molar-refractivity contribution in [3.63, 3.8) is 0 Å². The highest BCUT2D eigenvalue weighted by atomic mass is 35.6. The molecule has 1 aromatic carbocycles. The molecule has 0 aromatic heterocycles. The van der Waals surface area contributed by atoms with Gasteiger partial charge < -0.3 is 0 Å². The monoisotopic (exact) mass is 828 g/mol. The fraction of sp³-hybridized carbons (Fsp3) is 0.562. The van der Waals surface area contributed by atoms with Crippen LogP contribution in [-0.2, 0) is 15.1 Å². The average Bonchev–Trinajstić information content (AvgIpc) is 2.64. The molecule has 0 amide bonds. The first-order valence-electron chi connectivity index (χ1n) is 8.00. The fourth-order valence-corrected chi connectivity index (χ4v) is 7.17. The smallest absolute Gasteiger partial charge is 0.0943 e. The molecule has 0 aliphatic rings. The molecule has 1 rings (SSSR count). The Labute approximate surface area is 287 Å². The number of benzene rings is 1. The molecule has 0 fully saturated rings. The first kappa shape index (κ1) is 36.5. The van der Waals surface area contributed by atoms with Crippen LogP contribution in [0.3, 0.4) is 0 Å². The normalized spacial score (nSPS) is 15.6. The Balaban J connectivity index is 3.93. The summed E-state index contributed by atoms with van der Waals surface area (Å²) in [5.41, 5.74) is -0.0610. The van der Waals surface area contributed by atoms with Gasteiger partial charge in [-0.3, -0.25) is 0 Å². The van der Waals surface area contributed by atoms with E-state index in [0.29, 0.717) is 0 Å². The van der Waals surface area contributed by atoms with Gasteiger partial charge in [0.05, 0.1) is 0 Å². The third kappa shape index (κ3) is 6.13. The first-order chi connectivity index (χ1) is 14.7. The third-order valence-electron chi connectivity index (χ3n) is 4.39. The lowest BCUT2D eigenvalue weighted by Gasteiger charge is -2.46. The zero-order valence-corrected chi connectivity index (χ0v) is 29.1. The van der Waals surface area contributed by atoms with E-state index in [1.165, 1.54) is 18.2 Å². The summed E-state index contributed by atoms with van der Waals surface area (Å²) < 4.78 is -20.1. The predicted octanol–water partition coefficient (Wildman–Crippen LogP) is 12.8. The van der Waals surface area contributed by atoms with Gasteiger partial charge in [-0.2, -0.15) is 0 Å². The van der Waals surface area contributed by atoms with Crippen LogP contribution in [0.25, 0.3) is 0 Å². The molecule has 0 nitrogen and oxygen atoms in total. The summed E-state index contributed by atoms with van der Waals surface area (Å²) >= 11 is 112. The molecular formula is C16H7Cl18. The third-order valence-corrected chi connectivity index (χ3v) is 15.3. The Morgan fingerprint density at radius 3 is 0.941 bits per heavy atom. The summed E-state index contributed by atoms with van der Waals surface area (Å²) in [6.45, 7) is 3.80. The van der Waals surface area contributed by atoms with Crippen LogP contribution < -0.4 is 0 Å². The van der Waals surface area contributed by atoms with Crippen molar-refractivity contribution in [2.75, 3.05) is 0 Å². The molecule has 0 atom stereocenters. The van der Waals surface area contributed by atoms with Gasteiger partial charge >= 0.3 is 0 Å². The van der Waals surface area contributed by atoms with E-state index in [0.717, 1.165) is 0 Å². The Hall–Kier alpha value is 4.44. The molecule has 0 aliphatic carbocycles. The molecule has 18 heteroatoms. The maximum Gasteiger partial charge on any atom is 0.226 e. The molecule has 0 bridgehead atoms. The van der Waals surface area contributed by atoms with Crippen molar-refractivity contribution in [2.24, 2.45) is 0 Å². The fourth-order valence-electron chi connectivity index (χ4n) is 2.53. The lowest BCUT2D eigenvalue weighted by molar-refractivity contribution is 0.584. The minimum absolute atomic E-state index is 0.0771. The number of halogens is 18. The van der Waals surface area contributed by atoms with Crippen molar-refractivity contribution in [3.8, 4) is 0 Å². The van der Waals surface area contributed by atoms with Crippen LogP contribution in [0, 0.1) is 6.92 Å². The average molecular weight is 837 g/mol. The van der Waals surface area contributed by atoms with E-state index >= 15 is 0 Å². The molecule has 0 aliphatic heterocycles. The minimum Gasteiger partial charge on any atom is -0.0943 e. The second kappa shape index (κ2) is 11.6. The van der Waals surface area contributed by atoms with Crippen molar-refractivity contribution in [1.82, 2.24) is 0 Å². The van der Waals surface area contributed by atoms with Gasteiger partial charge in [0.1, 0.15) is 0 Å². The molecule has 1 aromatic rings. The largest absolute Gasteiger partial charge is 0.226 e. The Bertz CT molecular complexity index is 820. The highest BCUT2D eigenvalue weighted by molar-refractivity contribution is 6.81. The van der Waals surface area contributed by atoms with Crippen LogP contribution in [0.1, 0.15) is 16.7 Å². The number of hydrogen-bond acceptors (Lipinski definition) is 0. The van der Waals surface area contributed by atoms with Gasteiger partial charge in [0, 0.05) is 0 Å². The second-order valence-corrected chi connectivity index (χ2v) is 19.1. The van der Waals surface area contributed by atoms with Crippen LogP contribution in [-0.4, -0.2) is 24.9 Å². The lowest BCUT2D eigenvalue weighted by Crippen LogP contribution is -2.56. The van der Waals surface area contributed by atoms with Gasteiger partial charge in [-0.05, 0) is 30.0 Å². The Morgan fingerprint density at radius 1 is 0.471 bits per heavy atom. The quantitative estimate of drug-likeness (QED) is 0.240. The maximum absolute atomic E-state index is 6.59. The summed E-state index contributed by atoms with van der Waals surface area (Å²) in [5.74, 6) is 0. The van der Waals surface area contributed by atoms with Gasteiger partial charge in [-0.25, -0.2) is 0 Å².